The second-order valence-electron chi connectivity index (χ2n) is 6.37. The average Bonchev–Trinajstić information content (AvgIpc) is 2.36. The summed E-state index contributed by atoms with van der Waals surface area (Å²) in [6.07, 6.45) is -1.83. The monoisotopic (exact) mass is 302 g/mol. The van der Waals surface area contributed by atoms with Gasteiger partial charge in [0.2, 0.25) is 0 Å². The minimum atomic E-state index is -4.75. The molecular formula is C16H21F3O2. The topological polar surface area (TPSA) is 29.5 Å². The Hall–Kier alpha value is -1.23. The fourth-order valence-electron chi connectivity index (χ4n) is 3.27. The highest BCUT2D eigenvalue weighted by Gasteiger charge is 2.39. The fourth-order valence-corrected chi connectivity index (χ4v) is 3.27. The summed E-state index contributed by atoms with van der Waals surface area (Å²) in [4.78, 5) is 0. The molecule has 1 saturated carbocycles. The van der Waals surface area contributed by atoms with Crippen molar-refractivity contribution in [1.29, 1.82) is 0 Å². The molecular weight excluding hydrogens is 281 g/mol. The van der Waals surface area contributed by atoms with Crippen LogP contribution in [0.2, 0.25) is 0 Å². The summed E-state index contributed by atoms with van der Waals surface area (Å²) in [7, 11) is 0. The second kappa shape index (κ2) is 5.87. The number of aliphatic hydroxyl groups is 1. The van der Waals surface area contributed by atoms with Crippen LogP contribution in [-0.4, -0.2) is 11.5 Å². The Labute approximate surface area is 122 Å². The van der Waals surface area contributed by atoms with Crippen molar-refractivity contribution in [3.8, 4) is 5.75 Å². The molecule has 0 spiro atoms. The molecule has 0 bridgehead atoms. The predicted octanol–water partition coefficient (Wildman–Crippen LogP) is 4.84. The lowest BCUT2D eigenvalue weighted by molar-refractivity contribution is -0.275. The first-order chi connectivity index (χ1) is 9.71. The Morgan fingerprint density at radius 3 is 2.52 bits per heavy atom. The summed E-state index contributed by atoms with van der Waals surface area (Å²) in [5.41, 5.74) is 0.123. The zero-order chi connectivity index (χ0) is 15.7. The number of aliphatic hydroxyl groups excluding tert-OH is 1. The van der Waals surface area contributed by atoms with Gasteiger partial charge >= 0.3 is 6.36 Å². The molecule has 0 amide bonds. The van der Waals surface area contributed by atoms with Crippen LogP contribution >= 0.6 is 0 Å². The molecule has 0 aromatic heterocycles. The van der Waals surface area contributed by atoms with Crippen molar-refractivity contribution in [3.63, 3.8) is 0 Å². The van der Waals surface area contributed by atoms with Gasteiger partial charge < -0.3 is 9.84 Å². The number of hydrogen-bond acceptors (Lipinski definition) is 2. The van der Waals surface area contributed by atoms with Gasteiger partial charge in [0.1, 0.15) is 5.75 Å². The van der Waals surface area contributed by atoms with Crippen LogP contribution in [0.15, 0.2) is 24.3 Å². The molecule has 1 aromatic rings. The summed E-state index contributed by atoms with van der Waals surface area (Å²) in [6, 6.07) is 5.86. The van der Waals surface area contributed by atoms with E-state index in [0.717, 1.165) is 25.7 Å². The Bertz CT molecular complexity index is 483. The van der Waals surface area contributed by atoms with E-state index in [2.05, 4.69) is 18.6 Å². The minimum absolute atomic E-state index is 0.0655. The van der Waals surface area contributed by atoms with Crippen molar-refractivity contribution in [2.75, 3.05) is 0 Å². The van der Waals surface area contributed by atoms with Crippen LogP contribution in [0.1, 0.15) is 51.2 Å². The molecule has 5 heteroatoms. The van der Waals surface area contributed by atoms with Gasteiger partial charge in [-0.25, -0.2) is 0 Å². The Morgan fingerprint density at radius 2 is 1.90 bits per heavy atom. The van der Waals surface area contributed by atoms with Crippen LogP contribution in [0.4, 0.5) is 13.2 Å². The Kier molecular flexibility index (Phi) is 4.51. The third kappa shape index (κ3) is 3.90. The summed E-state index contributed by atoms with van der Waals surface area (Å²) < 4.78 is 41.5. The lowest BCUT2D eigenvalue weighted by Crippen LogP contribution is -2.33. The summed E-state index contributed by atoms with van der Waals surface area (Å²) in [6.45, 7) is 4.13. The van der Waals surface area contributed by atoms with Crippen LogP contribution in [0.25, 0.3) is 0 Å². The molecule has 21 heavy (non-hydrogen) atoms. The van der Waals surface area contributed by atoms with Crippen LogP contribution in [0.5, 0.6) is 5.75 Å². The predicted molar refractivity (Wildman–Crippen MR) is 73.8 cm³/mol. The standard InChI is InChI=1S/C16H21F3O2/c1-15(2)10-6-5-8-12(15)14(20)11-7-3-4-9-13(11)21-16(17,18)19/h3-4,7,9,12,14,20H,5-6,8,10H2,1-2H3. The van der Waals surface area contributed by atoms with E-state index < -0.39 is 12.5 Å². The molecule has 2 atom stereocenters. The van der Waals surface area contributed by atoms with Gasteiger partial charge in [0.15, 0.2) is 0 Å². The zero-order valence-electron chi connectivity index (χ0n) is 12.3. The number of hydrogen-bond donors (Lipinski definition) is 1. The highest BCUT2D eigenvalue weighted by Crippen LogP contribution is 2.48. The van der Waals surface area contributed by atoms with Gasteiger partial charge in [-0.05, 0) is 30.2 Å². The lowest BCUT2D eigenvalue weighted by atomic mass is 9.65. The van der Waals surface area contributed by atoms with E-state index in [9.17, 15) is 18.3 Å². The maximum atomic E-state index is 12.5. The maximum absolute atomic E-state index is 12.5. The number of alkyl halides is 3. The first-order valence-corrected chi connectivity index (χ1v) is 7.23. The number of rotatable bonds is 3. The lowest BCUT2D eigenvalue weighted by Gasteiger charge is -2.41. The van der Waals surface area contributed by atoms with Crippen molar-refractivity contribution in [2.24, 2.45) is 11.3 Å². The second-order valence-corrected chi connectivity index (χ2v) is 6.37. The highest BCUT2D eigenvalue weighted by atomic mass is 19.4. The van der Waals surface area contributed by atoms with E-state index >= 15 is 0 Å². The average molecular weight is 302 g/mol. The molecule has 1 N–H and O–H groups in total. The third-order valence-electron chi connectivity index (χ3n) is 4.43. The van der Waals surface area contributed by atoms with E-state index in [-0.39, 0.29) is 22.6 Å². The van der Waals surface area contributed by atoms with E-state index in [1.54, 1.807) is 6.07 Å². The molecule has 2 unspecified atom stereocenters. The smallest absolute Gasteiger partial charge is 0.405 e. The molecule has 0 radical (unpaired) electrons. The highest BCUT2D eigenvalue weighted by molar-refractivity contribution is 5.36. The first-order valence-electron chi connectivity index (χ1n) is 7.23. The first kappa shape index (κ1) is 16.1. The van der Waals surface area contributed by atoms with Gasteiger partial charge in [0, 0.05) is 5.56 Å². The molecule has 0 saturated heterocycles. The van der Waals surface area contributed by atoms with Crippen LogP contribution in [0, 0.1) is 11.3 Å². The summed E-state index contributed by atoms with van der Waals surface area (Å²) in [5.74, 6) is -0.372. The Balaban J connectivity index is 2.28. The largest absolute Gasteiger partial charge is 0.573 e. The molecule has 2 rings (SSSR count). The molecule has 1 fully saturated rings. The van der Waals surface area contributed by atoms with E-state index in [4.69, 9.17) is 0 Å². The van der Waals surface area contributed by atoms with Gasteiger partial charge in [-0.3, -0.25) is 0 Å². The van der Waals surface area contributed by atoms with E-state index in [1.165, 1.54) is 18.2 Å². The fraction of sp³-hybridized carbons (Fsp3) is 0.625. The van der Waals surface area contributed by atoms with Gasteiger partial charge in [0.05, 0.1) is 6.10 Å². The van der Waals surface area contributed by atoms with Gasteiger partial charge in [0.25, 0.3) is 0 Å². The Morgan fingerprint density at radius 1 is 1.24 bits per heavy atom. The van der Waals surface area contributed by atoms with Crippen LogP contribution in [0.3, 0.4) is 0 Å². The van der Waals surface area contributed by atoms with Crippen molar-refractivity contribution < 1.29 is 23.0 Å². The van der Waals surface area contributed by atoms with Crippen LogP contribution < -0.4 is 4.74 Å². The SMILES string of the molecule is CC1(C)CCCCC1C(O)c1ccccc1OC(F)(F)F. The quantitative estimate of drug-likeness (QED) is 0.866. The zero-order valence-corrected chi connectivity index (χ0v) is 12.3. The van der Waals surface area contributed by atoms with Crippen molar-refractivity contribution in [1.82, 2.24) is 0 Å². The maximum Gasteiger partial charge on any atom is 0.573 e. The minimum Gasteiger partial charge on any atom is -0.405 e. The van der Waals surface area contributed by atoms with Crippen molar-refractivity contribution >= 4 is 0 Å². The van der Waals surface area contributed by atoms with Gasteiger partial charge in [-0.1, -0.05) is 44.9 Å². The third-order valence-corrected chi connectivity index (χ3v) is 4.43. The van der Waals surface area contributed by atoms with Gasteiger partial charge in [-0.2, -0.15) is 0 Å². The molecule has 0 heterocycles. The van der Waals surface area contributed by atoms with Crippen LogP contribution in [-0.2, 0) is 0 Å². The molecule has 118 valence electrons. The molecule has 1 aromatic carbocycles. The molecule has 1 aliphatic carbocycles. The molecule has 2 nitrogen and oxygen atoms in total. The number of benzene rings is 1. The molecule has 0 aliphatic heterocycles. The van der Waals surface area contributed by atoms with Crippen molar-refractivity contribution in [2.45, 2.75) is 52.0 Å². The number of para-hydroxylation sites is 1. The van der Waals surface area contributed by atoms with E-state index in [0.29, 0.717) is 0 Å². The van der Waals surface area contributed by atoms with Crippen molar-refractivity contribution in [3.05, 3.63) is 29.8 Å². The van der Waals surface area contributed by atoms with E-state index in [1.807, 2.05) is 0 Å². The van der Waals surface area contributed by atoms with Gasteiger partial charge in [-0.15, -0.1) is 13.2 Å². The molecule has 1 aliphatic rings. The number of ether oxygens (including phenoxy) is 1. The summed E-state index contributed by atoms with van der Waals surface area (Å²) in [5, 5.41) is 10.6. The normalized spacial score (nSPS) is 23.6. The summed E-state index contributed by atoms with van der Waals surface area (Å²) >= 11 is 0. The number of halogens is 3.